The van der Waals surface area contributed by atoms with Gasteiger partial charge in [-0.3, -0.25) is 14.5 Å². The fourth-order valence-corrected chi connectivity index (χ4v) is 3.05. The van der Waals surface area contributed by atoms with E-state index in [2.05, 4.69) is 17.1 Å². The van der Waals surface area contributed by atoms with Crippen LogP contribution in [-0.4, -0.2) is 54.3 Å². The first kappa shape index (κ1) is 18.5. The van der Waals surface area contributed by atoms with Gasteiger partial charge in [0.2, 0.25) is 11.8 Å². The van der Waals surface area contributed by atoms with E-state index in [-0.39, 0.29) is 18.4 Å². The largest absolute Gasteiger partial charge is 0.335 e. The third kappa shape index (κ3) is 5.06. The van der Waals surface area contributed by atoms with Gasteiger partial charge in [0, 0.05) is 18.8 Å². The highest BCUT2D eigenvalue weighted by atomic mass is 16.2. The van der Waals surface area contributed by atoms with Crippen LogP contribution in [0, 0.1) is 13.8 Å². The zero-order valence-electron chi connectivity index (χ0n) is 15.3. The van der Waals surface area contributed by atoms with Crippen molar-refractivity contribution in [3.63, 3.8) is 0 Å². The molecule has 0 unspecified atom stereocenters. The number of likely N-dealkylation sites (N-methyl/N-ethyl adjacent to an activating group) is 1. The van der Waals surface area contributed by atoms with Crippen molar-refractivity contribution in [2.75, 3.05) is 32.0 Å². The van der Waals surface area contributed by atoms with Crippen molar-refractivity contribution >= 4 is 17.5 Å². The molecule has 0 aromatic heterocycles. The monoisotopic (exact) mass is 331 g/mol. The summed E-state index contributed by atoms with van der Waals surface area (Å²) >= 11 is 0. The highest BCUT2D eigenvalue weighted by Gasteiger charge is 2.22. The number of rotatable bonds is 5. The molecule has 2 rings (SSSR count). The van der Waals surface area contributed by atoms with Gasteiger partial charge in [0.25, 0.3) is 0 Å². The molecule has 5 nitrogen and oxygen atoms in total. The number of nitrogens with one attached hydrogen (secondary N) is 1. The minimum atomic E-state index is -0.161. The summed E-state index contributed by atoms with van der Waals surface area (Å²) in [5, 5.41) is 2.90. The number of anilines is 1. The van der Waals surface area contributed by atoms with Gasteiger partial charge in [0.15, 0.2) is 0 Å². The van der Waals surface area contributed by atoms with E-state index in [0.29, 0.717) is 12.6 Å². The van der Waals surface area contributed by atoms with Crippen LogP contribution in [0.25, 0.3) is 0 Å². The fraction of sp³-hybridized carbons (Fsp3) is 0.579. The normalized spacial score (nSPS) is 18.2. The van der Waals surface area contributed by atoms with Crippen LogP contribution in [0.4, 0.5) is 5.69 Å². The standard InChI is InChI=1S/C19H29N3O2/c1-14-8-9-15(2)17(11-14)20-18(23)12-21(4)19(24)13-22-10-6-5-7-16(22)3/h8-9,11,16H,5-7,10,12-13H2,1-4H3,(H,20,23)/t16-/m1/s1. The molecule has 132 valence electrons. The first-order valence-corrected chi connectivity index (χ1v) is 8.72. The molecule has 1 N–H and O–H groups in total. The van der Waals surface area contributed by atoms with Crippen molar-refractivity contribution in [2.24, 2.45) is 0 Å². The molecule has 0 saturated carbocycles. The maximum atomic E-state index is 12.4. The molecule has 1 aliphatic rings. The SMILES string of the molecule is Cc1ccc(C)c(NC(=O)CN(C)C(=O)CN2CCCC[C@H]2C)c1. The number of nitrogens with zero attached hydrogens (tertiary/aromatic N) is 2. The molecule has 1 fully saturated rings. The Bertz CT molecular complexity index is 600. The Kier molecular flexibility index (Phi) is 6.37. The molecule has 0 bridgehead atoms. The van der Waals surface area contributed by atoms with Gasteiger partial charge in [-0.15, -0.1) is 0 Å². The Labute approximate surface area is 145 Å². The molecule has 0 aliphatic carbocycles. The lowest BCUT2D eigenvalue weighted by Gasteiger charge is -2.33. The second-order valence-electron chi connectivity index (χ2n) is 6.93. The van der Waals surface area contributed by atoms with Crippen LogP contribution in [-0.2, 0) is 9.59 Å². The lowest BCUT2D eigenvalue weighted by atomic mass is 10.0. The molecule has 2 amide bonds. The maximum absolute atomic E-state index is 12.4. The van der Waals surface area contributed by atoms with Gasteiger partial charge in [-0.05, 0) is 57.4 Å². The second-order valence-corrected chi connectivity index (χ2v) is 6.93. The summed E-state index contributed by atoms with van der Waals surface area (Å²) in [5.41, 5.74) is 2.93. The van der Waals surface area contributed by atoms with E-state index in [1.54, 1.807) is 7.05 Å². The zero-order chi connectivity index (χ0) is 17.7. The number of aryl methyl sites for hydroxylation is 2. The average molecular weight is 331 g/mol. The number of carbonyl (C=O) groups is 2. The molecule has 24 heavy (non-hydrogen) atoms. The van der Waals surface area contributed by atoms with Gasteiger partial charge in [-0.1, -0.05) is 18.6 Å². The Hall–Kier alpha value is -1.88. The quantitative estimate of drug-likeness (QED) is 0.902. The van der Waals surface area contributed by atoms with Gasteiger partial charge in [0.1, 0.15) is 0 Å². The summed E-state index contributed by atoms with van der Waals surface area (Å²) in [4.78, 5) is 28.3. The van der Waals surface area contributed by atoms with E-state index in [1.165, 1.54) is 11.3 Å². The molecule has 1 atom stereocenters. The highest BCUT2D eigenvalue weighted by molar-refractivity contribution is 5.95. The van der Waals surface area contributed by atoms with Crippen molar-refractivity contribution < 1.29 is 9.59 Å². The van der Waals surface area contributed by atoms with E-state index < -0.39 is 0 Å². The Balaban J connectivity index is 1.86. The van der Waals surface area contributed by atoms with Crippen LogP contribution < -0.4 is 5.32 Å². The molecular weight excluding hydrogens is 302 g/mol. The number of benzene rings is 1. The third-order valence-corrected chi connectivity index (χ3v) is 4.75. The number of hydrogen-bond donors (Lipinski definition) is 1. The van der Waals surface area contributed by atoms with E-state index in [9.17, 15) is 9.59 Å². The Morgan fingerprint density at radius 3 is 2.75 bits per heavy atom. The molecule has 1 aromatic rings. The van der Waals surface area contributed by atoms with Crippen molar-refractivity contribution in [2.45, 2.75) is 46.1 Å². The molecule has 0 spiro atoms. The van der Waals surface area contributed by atoms with Crippen LogP contribution in [0.3, 0.4) is 0 Å². The van der Waals surface area contributed by atoms with Crippen molar-refractivity contribution in [1.82, 2.24) is 9.80 Å². The van der Waals surface area contributed by atoms with E-state index in [0.717, 1.165) is 36.2 Å². The maximum Gasteiger partial charge on any atom is 0.243 e. The zero-order valence-corrected chi connectivity index (χ0v) is 15.3. The summed E-state index contributed by atoms with van der Waals surface area (Å²) in [6.07, 6.45) is 3.53. The lowest BCUT2D eigenvalue weighted by molar-refractivity contribution is -0.135. The first-order chi connectivity index (χ1) is 11.4. The van der Waals surface area contributed by atoms with Crippen molar-refractivity contribution in [3.05, 3.63) is 29.3 Å². The van der Waals surface area contributed by atoms with Crippen LogP contribution >= 0.6 is 0 Å². The minimum absolute atomic E-state index is 0.000126. The van der Waals surface area contributed by atoms with E-state index >= 15 is 0 Å². The number of amides is 2. The summed E-state index contributed by atoms with van der Waals surface area (Å²) < 4.78 is 0. The molecule has 1 aromatic carbocycles. The van der Waals surface area contributed by atoms with Crippen LogP contribution in [0.15, 0.2) is 18.2 Å². The third-order valence-electron chi connectivity index (χ3n) is 4.75. The molecular formula is C19H29N3O2. The minimum Gasteiger partial charge on any atom is -0.335 e. The van der Waals surface area contributed by atoms with Crippen LogP contribution in [0.2, 0.25) is 0 Å². The molecule has 0 radical (unpaired) electrons. The number of carbonyl (C=O) groups excluding carboxylic acids is 2. The first-order valence-electron chi connectivity index (χ1n) is 8.72. The van der Waals surface area contributed by atoms with Crippen LogP contribution in [0.5, 0.6) is 0 Å². The predicted molar refractivity (Wildman–Crippen MR) is 97.1 cm³/mol. The number of piperidine rings is 1. The van der Waals surface area contributed by atoms with Crippen LogP contribution in [0.1, 0.15) is 37.3 Å². The molecule has 5 heteroatoms. The van der Waals surface area contributed by atoms with E-state index in [4.69, 9.17) is 0 Å². The van der Waals surface area contributed by atoms with Gasteiger partial charge in [0.05, 0.1) is 13.1 Å². The predicted octanol–water partition coefficient (Wildman–Crippen LogP) is 2.57. The van der Waals surface area contributed by atoms with E-state index in [1.807, 2.05) is 32.0 Å². The lowest BCUT2D eigenvalue weighted by Crippen LogP contribution is -2.46. The Morgan fingerprint density at radius 2 is 2.04 bits per heavy atom. The van der Waals surface area contributed by atoms with Gasteiger partial charge in [-0.25, -0.2) is 0 Å². The summed E-state index contributed by atoms with van der Waals surface area (Å²) in [5.74, 6) is -0.161. The molecule has 1 saturated heterocycles. The highest BCUT2D eigenvalue weighted by Crippen LogP contribution is 2.17. The van der Waals surface area contributed by atoms with Gasteiger partial charge < -0.3 is 10.2 Å². The molecule has 1 aliphatic heterocycles. The fourth-order valence-electron chi connectivity index (χ4n) is 3.05. The second kappa shape index (κ2) is 8.29. The van der Waals surface area contributed by atoms with Crippen molar-refractivity contribution in [1.29, 1.82) is 0 Å². The Morgan fingerprint density at radius 1 is 1.29 bits per heavy atom. The number of likely N-dealkylation sites (tertiary alicyclic amines) is 1. The molecule has 1 heterocycles. The van der Waals surface area contributed by atoms with Gasteiger partial charge >= 0.3 is 0 Å². The summed E-state index contributed by atoms with van der Waals surface area (Å²) in [6.45, 7) is 7.56. The summed E-state index contributed by atoms with van der Waals surface area (Å²) in [6, 6.07) is 6.39. The van der Waals surface area contributed by atoms with Crippen molar-refractivity contribution in [3.8, 4) is 0 Å². The van der Waals surface area contributed by atoms with Gasteiger partial charge in [-0.2, -0.15) is 0 Å². The number of hydrogen-bond acceptors (Lipinski definition) is 3. The summed E-state index contributed by atoms with van der Waals surface area (Å²) in [7, 11) is 1.69. The average Bonchev–Trinajstić information content (AvgIpc) is 2.53. The smallest absolute Gasteiger partial charge is 0.243 e. The topological polar surface area (TPSA) is 52.7 Å².